The predicted molar refractivity (Wildman–Crippen MR) is 120 cm³/mol. The summed E-state index contributed by atoms with van der Waals surface area (Å²) in [6.07, 6.45) is 2.69. The van der Waals surface area contributed by atoms with Crippen molar-refractivity contribution in [1.29, 1.82) is 0 Å². The molecule has 1 aliphatic rings. The Morgan fingerprint density at radius 2 is 1.71 bits per heavy atom. The zero-order valence-electron chi connectivity index (χ0n) is 17.2. The monoisotopic (exact) mass is 461 g/mol. The van der Waals surface area contributed by atoms with Crippen LogP contribution >= 0.6 is 11.6 Å². The van der Waals surface area contributed by atoms with E-state index in [2.05, 4.69) is 21.6 Å². The first-order valence-corrected chi connectivity index (χ1v) is 12.0. The lowest BCUT2D eigenvalue weighted by atomic mass is 9.79. The molecule has 0 aliphatic carbocycles. The summed E-state index contributed by atoms with van der Waals surface area (Å²) in [6, 6.07) is 13.5. The van der Waals surface area contributed by atoms with Gasteiger partial charge in [-0.2, -0.15) is 0 Å². The van der Waals surface area contributed by atoms with Crippen molar-refractivity contribution in [3.63, 3.8) is 0 Å². The Labute approximate surface area is 186 Å². The van der Waals surface area contributed by atoms with Gasteiger partial charge in [-0.3, -0.25) is 4.72 Å². The number of hydrogen-bond donors (Lipinski definition) is 1. The minimum atomic E-state index is -3.98. The van der Waals surface area contributed by atoms with Crippen molar-refractivity contribution in [2.45, 2.75) is 31.1 Å². The molecule has 0 bridgehead atoms. The molecule has 1 saturated heterocycles. The number of hydrogen-bond acceptors (Lipinski definition) is 6. The average molecular weight is 462 g/mol. The van der Waals surface area contributed by atoms with Crippen LogP contribution in [-0.4, -0.2) is 38.2 Å². The Bertz CT molecular complexity index is 1180. The van der Waals surface area contributed by atoms with Crippen LogP contribution in [0.5, 0.6) is 5.88 Å². The van der Waals surface area contributed by atoms with E-state index in [1.54, 1.807) is 18.2 Å². The van der Waals surface area contributed by atoms with Crippen molar-refractivity contribution in [2.24, 2.45) is 5.41 Å². The van der Waals surface area contributed by atoms with Crippen molar-refractivity contribution >= 4 is 38.5 Å². The molecule has 1 N–H and O–H groups in total. The molecule has 3 aromatic rings. The van der Waals surface area contributed by atoms with Crippen LogP contribution in [0.4, 0.5) is 5.82 Å². The molecule has 0 unspecified atom stereocenters. The number of benzene rings is 2. The van der Waals surface area contributed by atoms with E-state index in [-0.39, 0.29) is 27.0 Å². The van der Waals surface area contributed by atoms with E-state index in [1.165, 1.54) is 12.1 Å². The molecule has 4 rings (SSSR count). The maximum absolute atomic E-state index is 13.0. The molecule has 0 radical (unpaired) electrons. The van der Waals surface area contributed by atoms with Crippen molar-refractivity contribution in [1.82, 2.24) is 9.97 Å². The third kappa shape index (κ3) is 4.76. The van der Waals surface area contributed by atoms with Gasteiger partial charge in [-0.25, -0.2) is 18.4 Å². The van der Waals surface area contributed by atoms with E-state index in [0.29, 0.717) is 30.9 Å². The molecule has 2 heterocycles. The Morgan fingerprint density at radius 3 is 2.39 bits per heavy atom. The molecule has 7 nitrogen and oxygen atoms in total. The molecule has 0 amide bonds. The molecule has 9 heteroatoms. The fraction of sp³-hybridized carbons (Fsp3) is 0.364. The van der Waals surface area contributed by atoms with Crippen LogP contribution < -0.4 is 9.46 Å². The molecule has 0 saturated carbocycles. The lowest BCUT2D eigenvalue weighted by Gasteiger charge is -2.35. The molecule has 0 atom stereocenters. The first kappa shape index (κ1) is 21.8. The zero-order chi connectivity index (χ0) is 21.9. The smallest absolute Gasteiger partial charge is 0.264 e. The van der Waals surface area contributed by atoms with Gasteiger partial charge < -0.3 is 9.47 Å². The second kappa shape index (κ2) is 8.98. The van der Waals surface area contributed by atoms with Crippen LogP contribution in [0.15, 0.2) is 53.4 Å². The lowest BCUT2D eigenvalue weighted by Crippen LogP contribution is -2.35. The fourth-order valence-corrected chi connectivity index (χ4v) is 5.14. The number of nitrogens with one attached hydrogen (secondary N) is 1. The number of rotatable bonds is 7. The van der Waals surface area contributed by atoms with Gasteiger partial charge in [-0.15, -0.1) is 0 Å². The summed E-state index contributed by atoms with van der Waals surface area (Å²) < 4.78 is 40.1. The van der Waals surface area contributed by atoms with Gasteiger partial charge in [0, 0.05) is 18.6 Å². The molecule has 31 heavy (non-hydrogen) atoms. The van der Waals surface area contributed by atoms with Crippen LogP contribution in [-0.2, 0) is 14.8 Å². The third-order valence-electron chi connectivity index (χ3n) is 5.71. The number of aromatic nitrogens is 2. The van der Waals surface area contributed by atoms with E-state index in [4.69, 9.17) is 21.1 Å². The molecule has 0 spiro atoms. The number of anilines is 1. The van der Waals surface area contributed by atoms with Crippen LogP contribution in [0.25, 0.3) is 11.0 Å². The van der Waals surface area contributed by atoms with E-state index >= 15 is 0 Å². The van der Waals surface area contributed by atoms with Gasteiger partial charge in [0.1, 0.15) is 4.90 Å². The summed E-state index contributed by atoms with van der Waals surface area (Å²) in [6.45, 7) is 3.90. The minimum absolute atomic E-state index is 0.0352. The van der Waals surface area contributed by atoms with Crippen molar-refractivity contribution in [3.8, 4) is 5.88 Å². The number of para-hydroxylation sites is 2. The molecule has 164 valence electrons. The topological polar surface area (TPSA) is 90.4 Å². The van der Waals surface area contributed by atoms with Crippen LogP contribution in [0.2, 0.25) is 5.02 Å². The number of fused-ring (bicyclic) bond motifs is 1. The number of ether oxygens (including phenoxy) is 2. The number of nitrogens with zero attached hydrogens (tertiary/aromatic N) is 2. The van der Waals surface area contributed by atoms with Crippen LogP contribution in [0.1, 0.15) is 26.2 Å². The SMILES string of the molecule is CCC1(COc2nc3ccccc3nc2NS(=O)(=O)c2ccccc2Cl)CCOCC1. The molecular weight excluding hydrogens is 438 g/mol. The summed E-state index contributed by atoms with van der Waals surface area (Å²) in [4.78, 5) is 9.00. The van der Waals surface area contributed by atoms with Crippen molar-refractivity contribution in [3.05, 3.63) is 53.6 Å². The molecule has 1 aromatic heterocycles. The predicted octanol–water partition coefficient (Wildman–Crippen LogP) is 4.67. The zero-order valence-corrected chi connectivity index (χ0v) is 18.7. The summed E-state index contributed by atoms with van der Waals surface area (Å²) in [7, 11) is -3.98. The summed E-state index contributed by atoms with van der Waals surface area (Å²) in [5.41, 5.74) is 1.14. The van der Waals surface area contributed by atoms with E-state index < -0.39 is 10.0 Å². The quantitative estimate of drug-likeness (QED) is 0.549. The highest BCUT2D eigenvalue weighted by atomic mass is 35.5. The van der Waals surface area contributed by atoms with E-state index in [1.807, 2.05) is 18.2 Å². The minimum Gasteiger partial charge on any atom is -0.474 e. The van der Waals surface area contributed by atoms with Crippen molar-refractivity contribution < 1.29 is 17.9 Å². The summed E-state index contributed by atoms with van der Waals surface area (Å²) in [5, 5.41) is 0.123. The summed E-state index contributed by atoms with van der Waals surface area (Å²) in [5.74, 6) is 0.186. The Balaban J connectivity index is 1.69. The van der Waals surface area contributed by atoms with Gasteiger partial charge in [0.25, 0.3) is 15.9 Å². The first-order valence-electron chi connectivity index (χ1n) is 10.2. The van der Waals surface area contributed by atoms with Gasteiger partial charge in [0.05, 0.1) is 22.7 Å². The second-order valence-electron chi connectivity index (χ2n) is 7.66. The standard InChI is InChI=1S/C22H24ClN3O4S/c1-2-22(11-13-29-14-12-22)15-30-21-20(24-17-8-4-5-9-18(17)25-21)26-31(27,28)19-10-6-3-7-16(19)23/h3-10H,2,11-15H2,1H3,(H,24,26). The largest absolute Gasteiger partial charge is 0.474 e. The highest BCUT2D eigenvalue weighted by Gasteiger charge is 2.32. The van der Waals surface area contributed by atoms with Crippen LogP contribution in [0, 0.1) is 5.41 Å². The van der Waals surface area contributed by atoms with Crippen molar-refractivity contribution in [2.75, 3.05) is 24.5 Å². The van der Waals surface area contributed by atoms with Gasteiger partial charge in [0.15, 0.2) is 0 Å². The third-order valence-corrected chi connectivity index (χ3v) is 7.55. The number of halogens is 1. The van der Waals surface area contributed by atoms with Gasteiger partial charge >= 0.3 is 0 Å². The first-order chi connectivity index (χ1) is 14.9. The molecule has 1 aliphatic heterocycles. The van der Waals surface area contributed by atoms with Gasteiger partial charge in [-0.05, 0) is 43.5 Å². The highest BCUT2D eigenvalue weighted by molar-refractivity contribution is 7.92. The van der Waals surface area contributed by atoms with Gasteiger partial charge in [-0.1, -0.05) is 42.8 Å². The Kier molecular flexibility index (Phi) is 6.31. The lowest BCUT2D eigenvalue weighted by molar-refractivity contribution is -0.0127. The molecule has 2 aromatic carbocycles. The molecular formula is C22H24ClN3O4S. The number of sulfonamides is 1. The second-order valence-corrected chi connectivity index (χ2v) is 9.71. The Morgan fingerprint density at radius 1 is 1.06 bits per heavy atom. The normalized spacial score (nSPS) is 16.2. The van der Waals surface area contributed by atoms with E-state index in [9.17, 15) is 8.42 Å². The van der Waals surface area contributed by atoms with Gasteiger partial charge in [0.2, 0.25) is 5.82 Å². The fourth-order valence-electron chi connectivity index (χ4n) is 3.62. The maximum Gasteiger partial charge on any atom is 0.264 e. The Hall–Kier alpha value is -2.42. The average Bonchev–Trinajstić information content (AvgIpc) is 2.78. The maximum atomic E-state index is 13.0. The highest BCUT2D eigenvalue weighted by Crippen LogP contribution is 2.36. The summed E-state index contributed by atoms with van der Waals surface area (Å²) >= 11 is 6.11. The van der Waals surface area contributed by atoms with Crippen LogP contribution in [0.3, 0.4) is 0 Å². The molecule has 1 fully saturated rings. The van der Waals surface area contributed by atoms with E-state index in [0.717, 1.165) is 19.3 Å².